The zero-order valence-electron chi connectivity index (χ0n) is 11.8. The Morgan fingerprint density at radius 1 is 1.35 bits per heavy atom. The summed E-state index contributed by atoms with van der Waals surface area (Å²) in [5, 5.41) is -0.192. The van der Waals surface area contributed by atoms with Crippen LogP contribution in [0, 0.1) is 6.92 Å². The molecule has 0 N–H and O–H groups in total. The summed E-state index contributed by atoms with van der Waals surface area (Å²) in [5.74, 6) is 0.563. The topological polar surface area (TPSA) is 46.6 Å². The van der Waals surface area contributed by atoms with E-state index >= 15 is 0 Å². The van der Waals surface area contributed by atoms with Crippen LogP contribution >= 0.6 is 11.8 Å². The zero-order valence-corrected chi connectivity index (χ0v) is 12.6. The predicted octanol–water partition coefficient (Wildman–Crippen LogP) is 3.45. The van der Waals surface area contributed by atoms with E-state index in [-0.39, 0.29) is 11.1 Å². The second-order valence-electron chi connectivity index (χ2n) is 4.56. The van der Waals surface area contributed by atoms with Crippen LogP contribution in [0.3, 0.4) is 0 Å². The van der Waals surface area contributed by atoms with Gasteiger partial charge in [-0.05, 0) is 48.4 Å². The standard InChI is InChI=1S/C15H17NO3S/c1-4-7-16-14(17)13(20-15(16)18)9-11-6-5-10(2)12(8-11)19-3/h5-6,8-9H,4,7H2,1-3H3/b13-9+. The van der Waals surface area contributed by atoms with Gasteiger partial charge < -0.3 is 4.74 Å². The third kappa shape index (κ3) is 2.88. The van der Waals surface area contributed by atoms with Gasteiger partial charge in [0, 0.05) is 6.54 Å². The van der Waals surface area contributed by atoms with Crippen molar-refractivity contribution in [2.45, 2.75) is 20.3 Å². The molecule has 2 amide bonds. The molecule has 2 rings (SSSR count). The van der Waals surface area contributed by atoms with Gasteiger partial charge in [-0.1, -0.05) is 19.1 Å². The molecule has 0 aliphatic carbocycles. The highest BCUT2D eigenvalue weighted by atomic mass is 32.2. The minimum Gasteiger partial charge on any atom is -0.496 e. The maximum atomic E-state index is 12.1. The zero-order chi connectivity index (χ0) is 14.7. The van der Waals surface area contributed by atoms with Gasteiger partial charge >= 0.3 is 0 Å². The highest BCUT2D eigenvalue weighted by molar-refractivity contribution is 8.18. The van der Waals surface area contributed by atoms with E-state index in [1.807, 2.05) is 32.0 Å². The van der Waals surface area contributed by atoms with Crippen LogP contribution in [-0.4, -0.2) is 29.7 Å². The Labute approximate surface area is 122 Å². The Balaban J connectivity index is 2.28. The van der Waals surface area contributed by atoms with Crippen molar-refractivity contribution < 1.29 is 14.3 Å². The van der Waals surface area contributed by atoms with E-state index < -0.39 is 0 Å². The molecular formula is C15H17NO3S. The number of amides is 2. The van der Waals surface area contributed by atoms with Crippen LogP contribution < -0.4 is 4.74 Å². The molecular weight excluding hydrogens is 274 g/mol. The van der Waals surface area contributed by atoms with Gasteiger partial charge in [-0.2, -0.15) is 0 Å². The summed E-state index contributed by atoms with van der Waals surface area (Å²) >= 11 is 0.992. The molecule has 1 saturated heterocycles. The van der Waals surface area contributed by atoms with Gasteiger partial charge in [0.05, 0.1) is 12.0 Å². The number of imide groups is 1. The molecule has 0 aromatic heterocycles. The number of carbonyl (C=O) groups is 2. The quantitative estimate of drug-likeness (QED) is 0.797. The fraction of sp³-hybridized carbons (Fsp3) is 0.333. The molecule has 0 bridgehead atoms. The normalized spacial score (nSPS) is 17.1. The molecule has 0 unspecified atom stereocenters. The fourth-order valence-corrected chi connectivity index (χ4v) is 2.86. The van der Waals surface area contributed by atoms with Crippen LogP contribution in [-0.2, 0) is 4.79 Å². The molecule has 1 aromatic rings. The number of methoxy groups -OCH3 is 1. The van der Waals surface area contributed by atoms with E-state index in [0.29, 0.717) is 11.4 Å². The lowest BCUT2D eigenvalue weighted by atomic mass is 10.1. The molecule has 1 heterocycles. The molecule has 0 spiro atoms. The third-order valence-corrected chi connectivity index (χ3v) is 3.96. The third-order valence-electron chi connectivity index (χ3n) is 3.05. The largest absolute Gasteiger partial charge is 0.496 e. The lowest BCUT2D eigenvalue weighted by Crippen LogP contribution is -2.28. The molecule has 0 saturated carbocycles. The van der Waals surface area contributed by atoms with Gasteiger partial charge in [-0.25, -0.2) is 0 Å². The van der Waals surface area contributed by atoms with Crippen LogP contribution in [0.1, 0.15) is 24.5 Å². The van der Waals surface area contributed by atoms with Gasteiger partial charge in [0.25, 0.3) is 11.1 Å². The fourth-order valence-electron chi connectivity index (χ4n) is 1.99. The number of hydrogen-bond acceptors (Lipinski definition) is 4. The van der Waals surface area contributed by atoms with Gasteiger partial charge in [0.2, 0.25) is 0 Å². The number of aryl methyl sites for hydroxylation is 1. The summed E-state index contributed by atoms with van der Waals surface area (Å²) < 4.78 is 5.26. The number of benzene rings is 1. The van der Waals surface area contributed by atoms with Crippen LogP contribution in [0.25, 0.3) is 6.08 Å². The first kappa shape index (κ1) is 14.7. The van der Waals surface area contributed by atoms with E-state index in [0.717, 1.165) is 35.1 Å². The van der Waals surface area contributed by atoms with Crippen molar-refractivity contribution in [2.75, 3.05) is 13.7 Å². The van der Waals surface area contributed by atoms with E-state index in [9.17, 15) is 9.59 Å². The Bertz CT molecular complexity index is 580. The summed E-state index contributed by atoms with van der Waals surface area (Å²) in [6, 6.07) is 5.70. The molecule has 20 heavy (non-hydrogen) atoms. The Morgan fingerprint density at radius 3 is 2.75 bits per heavy atom. The van der Waals surface area contributed by atoms with Crippen molar-refractivity contribution in [1.29, 1.82) is 0 Å². The van der Waals surface area contributed by atoms with E-state index in [1.54, 1.807) is 13.2 Å². The van der Waals surface area contributed by atoms with Crippen LogP contribution in [0.15, 0.2) is 23.1 Å². The highest BCUT2D eigenvalue weighted by Crippen LogP contribution is 2.33. The minimum atomic E-state index is -0.207. The first-order valence-corrected chi connectivity index (χ1v) is 7.28. The van der Waals surface area contributed by atoms with E-state index in [1.165, 1.54) is 4.90 Å². The predicted molar refractivity (Wildman–Crippen MR) is 80.7 cm³/mol. The first-order valence-electron chi connectivity index (χ1n) is 6.46. The van der Waals surface area contributed by atoms with Crippen LogP contribution in [0.4, 0.5) is 4.79 Å². The summed E-state index contributed by atoms with van der Waals surface area (Å²) in [4.78, 5) is 25.6. The molecule has 0 radical (unpaired) electrons. The average Bonchev–Trinajstić information content (AvgIpc) is 2.69. The second-order valence-corrected chi connectivity index (χ2v) is 5.56. The maximum absolute atomic E-state index is 12.1. The lowest BCUT2D eigenvalue weighted by Gasteiger charge is -2.09. The van der Waals surface area contributed by atoms with Crippen molar-refractivity contribution >= 4 is 29.0 Å². The number of thioether (sulfide) groups is 1. The Morgan fingerprint density at radius 2 is 2.10 bits per heavy atom. The molecule has 106 valence electrons. The van der Waals surface area contributed by atoms with Crippen molar-refractivity contribution in [2.24, 2.45) is 0 Å². The molecule has 0 atom stereocenters. The van der Waals surface area contributed by atoms with Crippen LogP contribution in [0.5, 0.6) is 5.75 Å². The number of rotatable bonds is 4. The second kappa shape index (κ2) is 6.13. The molecule has 1 aromatic carbocycles. The first-order chi connectivity index (χ1) is 9.56. The number of hydrogen-bond donors (Lipinski definition) is 0. The molecule has 5 heteroatoms. The molecule has 1 aliphatic heterocycles. The monoisotopic (exact) mass is 291 g/mol. The van der Waals surface area contributed by atoms with Gasteiger partial charge in [-0.15, -0.1) is 0 Å². The van der Waals surface area contributed by atoms with Gasteiger partial charge in [0.1, 0.15) is 5.75 Å². The number of ether oxygens (including phenoxy) is 1. The molecule has 1 aliphatic rings. The van der Waals surface area contributed by atoms with Crippen molar-refractivity contribution in [3.05, 3.63) is 34.2 Å². The SMILES string of the molecule is CCCN1C(=O)S/C(=C/c2ccc(C)c(OC)c2)C1=O. The average molecular weight is 291 g/mol. The summed E-state index contributed by atoms with van der Waals surface area (Å²) in [6.45, 7) is 4.37. The Kier molecular flexibility index (Phi) is 4.49. The number of carbonyl (C=O) groups excluding carboxylic acids is 2. The van der Waals surface area contributed by atoms with Crippen molar-refractivity contribution in [3.63, 3.8) is 0 Å². The highest BCUT2D eigenvalue weighted by Gasteiger charge is 2.34. The summed E-state index contributed by atoms with van der Waals surface area (Å²) in [5.41, 5.74) is 1.89. The maximum Gasteiger partial charge on any atom is 0.293 e. The number of nitrogens with zero attached hydrogens (tertiary/aromatic N) is 1. The lowest BCUT2D eigenvalue weighted by molar-refractivity contribution is -0.122. The van der Waals surface area contributed by atoms with E-state index in [4.69, 9.17) is 4.74 Å². The molecule has 4 nitrogen and oxygen atoms in total. The smallest absolute Gasteiger partial charge is 0.293 e. The van der Waals surface area contributed by atoms with Gasteiger partial charge in [0.15, 0.2) is 0 Å². The van der Waals surface area contributed by atoms with Crippen molar-refractivity contribution in [1.82, 2.24) is 4.90 Å². The van der Waals surface area contributed by atoms with Crippen LogP contribution in [0.2, 0.25) is 0 Å². The minimum absolute atomic E-state index is 0.192. The summed E-state index contributed by atoms with van der Waals surface area (Å²) in [6.07, 6.45) is 2.51. The van der Waals surface area contributed by atoms with Crippen molar-refractivity contribution in [3.8, 4) is 5.75 Å². The van der Waals surface area contributed by atoms with E-state index in [2.05, 4.69) is 0 Å². The molecule has 1 fully saturated rings. The summed E-state index contributed by atoms with van der Waals surface area (Å²) in [7, 11) is 1.61. The van der Waals surface area contributed by atoms with Gasteiger partial charge in [-0.3, -0.25) is 14.5 Å². The Hall–Kier alpha value is -1.75.